The molecule has 76 valence electrons. The van der Waals surface area contributed by atoms with Gasteiger partial charge in [-0.1, -0.05) is 11.6 Å². The van der Waals surface area contributed by atoms with Crippen LogP contribution in [-0.2, 0) is 0 Å². The van der Waals surface area contributed by atoms with Gasteiger partial charge in [0.05, 0.1) is 11.6 Å². The fourth-order valence-electron chi connectivity index (χ4n) is 1.44. The monoisotopic (exact) mass is 223 g/mol. The molecule has 0 heterocycles. The topological polar surface area (TPSA) is 40.9 Å². The van der Waals surface area contributed by atoms with E-state index in [-0.39, 0.29) is 5.56 Å². The Morgan fingerprint density at radius 3 is 2.73 bits per heavy atom. The predicted octanol–water partition coefficient (Wildman–Crippen LogP) is 2.97. The molecule has 0 bridgehead atoms. The van der Waals surface area contributed by atoms with E-state index in [0.717, 1.165) is 6.07 Å². The number of hydrogen-bond donors (Lipinski definition) is 0. The normalized spacial score (nSPS) is 16.9. The molecule has 0 amide bonds. The largest absolute Gasteiger partial charge is 0.292 e. The highest BCUT2D eigenvalue weighted by Gasteiger charge is 2.51. The number of nitrogens with zero attached hydrogens (tertiary/aromatic N) is 1. The molecule has 1 aliphatic rings. The summed E-state index contributed by atoms with van der Waals surface area (Å²) in [7, 11) is 0. The maximum Gasteiger partial charge on any atom is 0.186 e. The minimum Gasteiger partial charge on any atom is -0.292 e. The van der Waals surface area contributed by atoms with Crippen molar-refractivity contribution in [3.8, 4) is 6.07 Å². The summed E-state index contributed by atoms with van der Waals surface area (Å²) in [4.78, 5) is 11.8. The molecule has 0 aliphatic heterocycles. The molecule has 1 aromatic rings. The van der Waals surface area contributed by atoms with Gasteiger partial charge in [-0.3, -0.25) is 4.79 Å². The van der Waals surface area contributed by atoms with Gasteiger partial charge >= 0.3 is 0 Å². The number of nitriles is 1. The van der Waals surface area contributed by atoms with E-state index in [4.69, 9.17) is 16.9 Å². The minimum atomic E-state index is -0.995. The molecular weight excluding hydrogens is 217 g/mol. The lowest BCUT2D eigenvalue weighted by atomic mass is 9.96. The van der Waals surface area contributed by atoms with Crippen LogP contribution in [0.15, 0.2) is 18.2 Å². The van der Waals surface area contributed by atoms with Crippen LogP contribution in [0.4, 0.5) is 4.39 Å². The highest BCUT2D eigenvalue weighted by molar-refractivity contribution is 6.31. The lowest BCUT2D eigenvalue weighted by Gasteiger charge is -2.06. The van der Waals surface area contributed by atoms with Crippen LogP contribution in [-0.4, -0.2) is 5.78 Å². The van der Waals surface area contributed by atoms with Crippen molar-refractivity contribution in [3.63, 3.8) is 0 Å². The second-order valence-electron chi connectivity index (χ2n) is 3.65. The van der Waals surface area contributed by atoms with Gasteiger partial charge in [-0.2, -0.15) is 5.26 Å². The Balaban J connectivity index is 2.43. The second kappa shape index (κ2) is 3.32. The summed E-state index contributed by atoms with van der Waals surface area (Å²) in [5.41, 5.74) is -1.08. The molecule has 1 fully saturated rings. The maximum absolute atomic E-state index is 13.3. The highest BCUT2D eigenvalue weighted by Crippen LogP contribution is 2.47. The summed E-state index contributed by atoms with van der Waals surface area (Å²) in [5, 5.41) is 9.12. The lowest BCUT2D eigenvalue weighted by molar-refractivity contribution is 0.0930. The van der Waals surface area contributed by atoms with Crippen molar-refractivity contribution >= 4 is 17.4 Å². The van der Waals surface area contributed by atoms with Crippen LogP contribution < -0.4 is 0 Å². The van der Waals surface area contributed by atoms with Crippen LogP contribution in [0.5, 0.6) is 0 Å². The van der Waals surface area contributed by atoms with Gasteiger partial charge in [0, 0.05) is 5.02 Å². The third-order valence-electron chi connectivity index (χ3n) is 2.57. The molecule has 0 spiro atoms. The van der Waals surface area contributed by atoms with Crippen molar-refractivity contribution in [2.45, 2.75) is 12.8 Å². The van der Waals surface area contributed by atoms with Gasteiger partial charge < -0.3 is 0 Å². The molecule has 0 N–H and O–H groups in total. The zero-order valence-corrected chi connectivity index (χ0v) is 8.51. The fourth-order valence-corrected chi connectivity index (χ4v) is 1.62. The van der Waals surface area contributed by atoms with Gasteiger partial charge in [-0.25, -0.2) is 4.39 Å². The van der Waals surface area contributed by atoms with Crippen LogP contribution in [0.3, 0.4) is 0 Å². The summed E-state index contributed by atoms with van der Waals surface area (Å²) in [6.45, 7) is 0. The molecule has 0 aromatic heterocycles. The number of benzene rings is 1. The van der Waals surface area contributed by atoms with Crippen LogP contribution in [0, 0.1) is 22.6 Å². The second-order valence-corrected chi connectivity index (χ2v) is 4.08. The molecule has 2 rings (SSSR count). The molecule has 1 saturated carbocycles. The summed E-state index contributed by atoms with van der Waals surface area (Å²) >= 11 is 5.67. The SMILES string of the molecule is N#CC1(C(=O)c2cc(Cl)ccc2F)CC1. The Bertz CT molecular complexity index is 474. The molecule has 0 radical (unpaired) electrons. The van der Waals surface area contributed by atoms with Crippen molar-refractivity contribution in [1.29, 1.82) is 5.26 Å². The average molecular weight is 224 g/mol. The van der Waals surface area contributed by atoms with Crippen LogP contribution in [0.2, 0.25) is 5.02 Å². The zero-order valence-electron chi connectivity index (χ0n) is 7.76. The average Bonchev–Trinajstić information content (AvgIpc) is 3.01. The summed E-state index contributed by atoms with van der Waals surface area (Å²) in [5.74, 6) is -1.07. The first-order valence-corrected chi connectivity index (χ1v) is 4.88. The molecule has 0 atom stereocenters. The fraction of sp³-hybridized carbons (Fsp3) is 0.273. The standard InChI is InChI=1S/C11H7ClFNO/c12-7-1-2-9(13)8(5-7)10(15)11(6-14)3-4-11/h1-2,5H,3-4H2. The number of ketones is 1. The molecule has 1 aromatic carbocycles. The predicted molar refractivity (Wildman–Crippen MR) is 53.0 cm³/mol. The molecule has 0 unspecified atom stereocenters. The van der Waals surface area contributed by atoms with Gasteiger partial charge in [-0.15, -0.1) is 0 Å². The molecular formula is C11H7ClFNO. The zero-order chi connectivity index (χ0) is 11.1. The number of carbonyl (C=O) groups excluding carboxylic acids is 1. The number of rotatable bonds is 2. The number of hydrogen-bond acceptors (Lipinski definition) is 2. The smallest absolute Gasteiger partial charge is 0.186 e. The highest BCUT2D eigenvalue weighted by atomic mass is 35.5. The van der Waals surface area contributed by atoms with Crippen molar-refractivity contribution in [2.75, 3.05) is 0 Å². The molecule has 0 saturated heterocycles. The minimum absolute atomic E-state index is 0.0819. The Kier molecular flexibility index (Phi) is 2.24. The van der Waals surface area contributed by atoms with Gasteiger partial charge in [-0.05, 0) is 31.0 Å². The van der Waals surface area contributed by atoms with E-state index in [9.17, 15) is 9.18 Å². The maximum atomic E-state index is 13.3. The molecule has 2 nitrogen and oxygen atoms in total. The molecule has 15 heavy (non-hydrogen) atoms. The van der Waals surface area contributed by atoms with E-state index in [0.29, 0.717) is 17.9 Å². The van der Waals surface area contributed by atoms with Crippen LogP contribution >= 0.6 is 11.6 Å². The number of halogens is 2. The quantitative estimate of drug-likeness (QED) is 0.724. The first kappa shape index (κ1) is 10.1. The van der Waals surface area contributed by atoms with Crippen LogP contribution in [0.25, 0.3) is 0 Å². The van der Waals surface area contributed by atoms with Crippen molar-refractivity contribution in [3.05, 3.63) is 34.6 Å². The Morgan fingerprint density at radius 2 is 2.20 bits per heavy atom. The third kappa shape index (κ3) is 1.62. The van der Waals surface area contributed by atoms with E-state index < -0.39 is 17.0 Å². The van der Waals surface area contributed by atoms with E-state index >= 15 is 0 Å². The number of carbonyl (C=O) groups is 1. The lowest BCUT2D eigenvalue weighted by Crippen LogP contribution is -2.15. The number of Topliss-reactive ketones (excluding diaryl/α,β-unsaturated/α-hetero) is 1. The van der Waals surface area contributed by atoms with Gasteiger partial charge in [0.2, 0.25) is 0 Å². The summed E-state index contributed by atoms with van der Waals surface area (Å²) in [6, 6.07) is 5.73. The van der Waals surface area contributed by atoms with Crippen molar-refractivity contribution in [2.24, 2.45) is 5.41 Å². The third-order valence-corrected chi connectivity index (χ3v) is 2.81. The van der Waals surface area contributed by atoms with Gasteiger partial charge in [0.15, 0.2) is 5.78 Å². The van der Waals surface area contributed by atoms with E-state index in [1.807, 2.05) is 6.07 Å². The summed E-state index contributed by atoms with van der Waals surface area (Å²) < 4.78 is 13.3. The van der Waals surface area contributed by atoms with Gasteiger partial charge in [0.25, 0.3) is 0 Å². The Hall–Kier alpha value is -1.40. The molecule has 4 heteroatoms. The van der Waals surface area contributed by atoms with E-state index in [2.05, 4.69) is 0 Å². The Labute approximate surface area is 91.3 Å². The van der Waals surface area contributed by atoms with E-state index in [1.54, 1.807) is 0 Å². The van der Waals surface area contributed by atoms with Crippen molar-refractivity contribution < 1.29 is 9.18 Å². The summed E-state index contributed by atoms with van der Waals surface area (Å²) in [6.07, 6.45) is 1.02. The first-order valence-electron chi connectivity index (χ1n) is 4.50. The van der Waals surface area contributed by atoms with Crippen molar-refractivity contribution in [1.82, 2.24) is 0 Å². The van der Waals surface area contributed by atoms with E-state index in [1.165, 1.54) is 12.1 Å². The first-order chi connectivity index (χ1) is 7.09. The van der Waals surface area contributed by atoms with Crippen LogP contribution in [0.1, 0.15) is 23.2 Å². The molecule has 1 aliphatic carbocycles. The van der Waals surface area contributed by atoms with Gasteiger partial charge in [0.1, 0.15) is 11.2 Å². The Morgan fingerprint density at radius 1 is 1.53 bits per heavy atom.